The molecule has 0 radical (unpaired) electrons. The number of nitrogens with zero attached hydrogens (tertiary/aromatic N) is 1. The average molecular weight is 282 g/mol. The Hall–Kier alpha value is -2.62. The van der Waals surface area contributed by atoms with Crippen LogP contribution in [0.2, 0.25) is 0 Å². The van der Waals surface area contributed by atoms with Gasteiger partial charge >= 0.3 is 6.09 Å². The van der Waals surface area contributed by atoms with E-state index in [1.165, 1.54) is 0 Å². The molecule has 1 amide bonds. The third-order valence-corrected chi connectivity index (χ3v) is 2.89. The van der Waals surface area contributed by atoms with E-state index in [2.05, 4.69) is 23.3 Å². The number of pyridine rings is 1. The predicted molar refractivity (Wildman–Crippen MR) is 84.5 cm³/mol. The fraction of sp³-hybridized carbons (Fsp3) is 0.176. The first kappa shape index (κ1) is 14.8. The zero-order valence-corrected chi connectivity index (χ0v) is 12.2. The number of hydrogen-bond acceptors (Lipinski definition) is 3. The number of hydrogen-bond donors (Lipinski definition) is 1. The van der Waals surface area contributed by atoms with Crippen molar-refractivity contribution < 1.29 is 9.53 Å². The quantitative estimate of drug-likeness (QED) is 0.941. The molecule has 1 heterocycles. The second kappa shape index (κ2) is 7.24. The summed E-state index contributed by atoms with van der Waals surface area (Å²) >= 11 is 0. The van der Waals surface area contributed by atoms with Crippen molar-refractivity contribution in [2.45, 2.75) is 20.3 Å². The molecular formula is C17H18N2O2. The highest BCUT2D eigenvalue weighted by Crippen LogP contribution is 2.09. The van der Waals surface area contributed by atoms with Crippen LogP contribution in [-0.4, -0.2) is 11.1 Å². The van der Waals surface area contributed by atoms with Crippen LogP contribution in [0.25, 0.3) is 12.2 Å². The Morgan fingerprint density at radius 2 is 2.05 bits per heavy atom. The van der Waals surface area contributed by atoms with Crippen molar-refractivity contribution in [2.24, 2.45) is 0 Å². The van der Waals surface area contributed by atoms with Gasteiger partial charge in [0, 0.05) is 6.20 Å². The van der Waals surface area contributed by atoms with Gasteiger partial charge in [0.05, 0.1) is 0 Å². The van der Waals surface area contributed by atoms with Crippen LogP contribution in [0, 0.1) is 0 Å². The van der Waals surface area contributed by atoms with E-state index in [0.29, 0.717) is 11.6 Å². The second-order valence-corrected chi connectivity index (χ2v) is 4.43. The summed E-state index contributed by atoms with van der Waals surface area (Å²) in [6.07, 6.45) is 6.20. The maximum Gasteiger partial charge on any atom is 0.418 e. The van der Waals surface area contributed by atoms with E-state index in [1.54, 1.807) is 30.5 Å². The summed E-state index contributed by atoms with van der Waals surface area (Å²) in [5.74, 6) is 0.963. The van der Waals surface area contributed by atoms with Crippen molar-refractivity contribution in [3.05, 3.63) is 53.0 Å². The van der Waals surface area contributed by atoms with E-state index in [4.69, 9.17) is 4.74 Å². The maximum atomic E-state index is 11.8. The molecule has 0 aliphatic carbocycles. The molecule has 0 unspecified atom stereocenters. The van der Waals surface area contributed by atoms with E-state index < -0.39 is 6.09 Å². The summed E-state index contributed by atoms with van der Waals surface area (Å²) in [7, 11) is 0. The molecule has 0 spiro atoms. The van der Waals surface area contributed by atoms with Gasteiger partial charge in [0.1, 0.15) is 11.6 Å². The minimum absolute atomic E-state index is 0.470. The van der Waals surface area contributed by atoms with Gasteiger partial charge in [0.25, 0.3) is 0 Å². The molecule has 2 rings (SSSR count). The molecular weight excluding hydrogens is 264 g/mol. The molecule has 0 atom stereocenters. The van der Waals surface area contributed by atoms with Gasteiger partial charge in [-0.3, -0.25) is 5.32 Å². The van der Waals surface area contributed by atoms with E-state index in [9.17, 15) is 4.79 Å². The highest BCUT2D eigenvalue weighted by atomic mass is 16.6. The van der Waals surface area contributed by atoms with Crippen LogP contribution < -0.4 is 20.5 Å². The fourth-order valence-electron chi connectivity index (χ4n) is 1.92. The third-order valence-electron chi connectivity index (χ3n) is 2.89. The number of para-hydroxylation sites is 1. The second-order valence-electron chi connectivity index (χ2n) is 4.43. The van der Waals surface area contributed by atoms with Crippen LogP contribution >= 0.6 is 0 Å². The lowest BCUT2D eigenvalue weighted by molar-refractivity contribution is 0.215. The number of rotatable bonds is 3. The van der Waals surface area contributed by atoms with Gasteiger partial charge in [0.15, 0.2) is 0 Å². The molecule has 21 heavy (non-hydrogen) atoms. The van der Waals surface area contributed by atoms with Crippen LogP contribution in [0.15, 0.2) is 42.6 Å². The number of ether oxygens (including phenoxy) is 1. The fourth-order valence-corrected chi connectivity index (χ4v) is 1.92. The molecule has 0 aliphatic rings. The third kappa shape index (κ3) is 4.18. The van der Waals surface area contributed by atoms with Gasteiger partial charge in [-0.15, -0.1) is 0 Å². The molecule has 1 aromatic heterocycles. The molecule has 108 valence electrons. The Balaban J connectivity index is 2.13. The zero-order chi connectivity index (χ0) is 15.1. The van der Waals surface area contributed by atoms with Gasteiger partial charge in [-0.25, -0.2) is 9.78 Å². The van der Waals surface area contributed by atoms with E-state index in [-0.39, 0.29) is 0 Å². The van der Waals surface area contributed by atoms with Crippen LogP contribution in [0.4, 0.5) is 10.6 Å². The molecule has 1 aromatic carbocycles. The Morgan fingerprint density at radius 3 is 2.71 bits per heavy atom. The molecule has 4 heteroatoms. The van der Waals surface area contributed by atoms with Crippen molar-refractivity contribution in [3.8, 4) is 5.75 Å². The summed E-state index contributed by atoms with van der Waals surface area (Å²) < 4.78 is 5.16. The van der Waals surface area contributed by atoms with Gasteiger partial charge < -0.3 is 4.74 Å². The Labute approximate surface area is 123 Å². The number of aromatic nitrogens is 1. The summed E-state index contributed by atoms with van der Waals surface area (Å²) in [5.41, 5.74) is 0. The van der Waals surface area contributed by atoms with E-state index in [0.717, 1.165) is 16.9 Å². The van der Waals surface area contributed by atoms with Crippen LogP contribution in [0.1, 0.15) is 20.3 Å². The zero-order valence-electron chi connectivity index (χ0n) is 12.2. The Bertz CT molecular complexity index is 724. The van der Waals surface area contributed by atoms with Crippen LogP contribution in [0.3, 0.4) is 0 Å². The Kier molecular flexibility index (Phi) is 5.10. The van der Waals surface area contributed by atoms with E-state index >= 15 is 0 Å². The number of amides is 1. The van der Waals surface area contributed by atoms with Crippen molar-refractivity contribution in [1.82, 2.24) is 4.98 Å². The van der Waals surface area contributed by atoms with Crippen molar-refractivity contribution in [1.29, 1.82) is 0 Å². The van der Waals surface area contributed by atoms with E-state index in [1.807, 2.05) is 25.1 Å². The molecule has 1 N–H and O–H groups in total. The van der Waals surface area contributed by atoms with Gasteiger partial charge in [-0.1, -0.05) is 37.3 Å². The highest BCUT2D eigenvalue weighted by molar-refractivity contribution is 5.85. The SMILES string of the molecule is C/C=c1/cc(NC(=O)Oc2ccccc2)nc/c1=C/CC. The highest BCUT2D eigenvalue weighted by Gasteiger charge is 2.05. The lowest BCUT2D eigenvalue weighted by Crippen LogP contribution is -2.27. The first-order valence-corrected chi connectivity index (χ1v) is 6.89. The van der Waals surface area contributed by atoms with Crippen molar-refractivity contribution >= 4 is 24.1 Å². The minimum atomic E-state index is -0.553. The van der Waals surface area contributed by atoms with Gasteiger partial charge in [-0.05, 0) is 42.0 Å². The minimum Gasteiger partial charge on any atom is -0.410 e. The average Bonchev–Trinajstić information content (AvgIpc) is 2.50. The lowest BCUT2D eigenvalue weighted by Gasteiger charge is -2.05. The largest absolute Gasteiger partial charge is 0.418 e. The summed E-state index contributed by atoms with van der Waals surface area (Å²) in [6, 6.07) is 10.7. The predicted octanol–water partition coefficient (Wildman–Crippen LogP) is 2.68. The molecule has 0 bridgehead atoms. The first-order valence-electron chi connectivity index (χ1n) is 6.89. The molecule has 0 saturated carbocycles. The standard InChI is InChI=1S/C17H18N2O2/c1-3-8-14-12-18-16(11-13(14)4-2)19-17(20)21-15-9-6-5-7-10-15/h4-12H,3H2,1-2H3,(H,19,20)/b13-4-,14-8-. The lowest BCUT2D eigenvalue weighted by atomic mass is 10.2. The Morgan fingerprint density at radius 1 is 1.29 bits per heavy atom. The molecule has 2 aromatic rings. The van der Waals surface area contributed by atoms with Crippen molar-refractivity contribution in [3.63, 3.8) is 0 Å². The smallest absolute Gasteiger partial charge is 0.410 e. The number of carbonyl (C=O) groups is 1. The topological polar surface area (TPSA) is 51.2 Å². The van der Waals surface area contributed by atoms with Crippen molar-refractivity contribution in [2.75, 3.05) is 5.32 Å². The van der Waals surface area contributed by atoms with Gasteiger partial charge in [-0.2, -0.15) is 0 Å². The normalized spacial score (nSPS) is 12.3. The number of nitrogens with one attached hydrogen (secondary N) is 1. The monoisotopic (exact) mass is 282 g/mol. The summed E-state index contributed by atoms with van der Waals surface area (Å²) in [6.45, 7) is 4.03. The van der Waals surface area contributed by atoms with Gasteiger partial charge in [0.2, 0.25) is 0 Å². The summed E-state index contributed by atoms with van der Waals surface area (Å²) in [4.78, 5) is 16.0. The molecule has 0 fully saturated rings. The maximum absolute atomic E-state index is 11.8. The summed E-state index contributed by atoms with van der Waals surface area (Å²) in [5, 5.41) is 4.72. The molecule has 0 aliphatic heterocycles. The number of carbonyl (C=O) groups excluding carboxylic acids is 1. The number of benzene rings is 1. The first-order chi connectivity index (χ1) is 10.2. The molecule has 0 saturated heterocycles. The molecule has 4 nitrogen and oxygen atoms in total. The van der Waals surface area contributed by atoms with Crippen LogP contribution in [-0.2, 0) is 0 Å². The van der Waals surface area contributed by atoms with Crippen LogP contribution in [0.5, 0.6) is 5.75 Å². The number of anilines is 1.